The first-order valence-electron chi connectivity index (χ1n) is 11.0. The standard InChI is InChI=1S/C26H31F3NO/c27-26(28,29)24-17-15-23(16-18-24)25(30)20-22-13-11-21(12-14-22)10-8-6-4-2-1-3-5-7-9-19-31/h11-18,25,30-31H,1-7,9,19-20H2. The molecule has 2 rings (SSSR count). The lowest BCUT2D eigenvalue weighted by atomic mass is 9.98. The number of aliphatic hydroxyl groups is 1. The first-order valence-corrected chi connectivity index (χ1v) is 11.0. The van der Waals surface area contributed by atoms with Crippen LogP contribution in [0.4, 0.5) is 13.2 Å². The Morgan fingerprint density at radius 3 is 1.97 bits per heavy atom. The fourth-order valence-electron chi connectivity index (χ4n) is 3.36. The van der Waals surface area contributed by atoms with Gasteiger partial charge in [0.05, 0.1) is 11.6 Å². The van der Waals surface area contributed by atoms with E-state index >= 15 is 0 Å². The number of alkyl halides is 3. The van der Waals surface area contributed by atoms with E-state index < -0.39 is 17.8 Å². The summed E-state index contributed by atoms with van der Waals surface area (Å²) >= 11 is 0. The Labute approximate surface area is 183 Å². The van der Waals surface area contributed by atoms with Gasteiger partial charge in [0, 0.05) is 18.6 Å². The summed E-state index contributed by atoms with van der Waals surface area (Å²) in [6.07, 6.45) is 4.88. The summed E-state index contributed by atoms with van der Waals surface area (Å²) in [6, 6.07) is 12.0. The molecule has 0 saturated heterocycles. The van der Waals surface area contributed by atoms with E-state index in [-0.39, 0.29) is 0 Å². The Morgan fingerprint density at radius 1 is 0.806 bits per heavy atom. The second kappa shape index (κ2) is 13.2. The van der Waals surface area contributed by atoms with Gasteiger partial charge in [0.15, 0.2) is 0 Å². The summed E-state index contributed by atoms with van der Waals surface area (Å²) in [5, 5.41) is 8.74. The molecule has 0 amide bonds. The largest absolute Gasteiger partial charge is 0.416 e. The number of benzene rings is 2. The predicted octanol–water partition coefficient (Wildman–Crippen LogP) is 6.74. The molecule has 167 valence electrons. The molecule has 2 aromatic rings. The molecule has 1 radical (unpaired) electrons. The summed E-state index contributed by atoms with van der Waals surface area (Å²) in [4.78, 5) is 0. The molecule has 0 saturated carbocycles. The van der Waals surface area contributed by atoms with Gasteiger partial charge in [-0.25, -0.2) is 5.73 Å². The highest BCUT2D eigenvalue weighted by Gasteiger charge is 2.30. The van der Waals surface area contributed by atoms with E-state index in [1.54, 1.807) is 0 Å². The molecule has 1 atom stereocenters. The number of nitrogens with one attached hydrogen (secondary N) is 1. The quantitative estimate of drug-likeness (QED) is 0.311. The monoisotopic (exact) mass is 430 g/mol. The number of unbranched alkanes of at least 4 members (excludes halogenated alkanes) is 7. The minimum atomic E-state index is -4.35. The highest BCUT2D eigenvalue weighted by molar-refractivity contribution is 5.37. The van der Waals surface area contributed by atoms with E-state index in [1.807, 2.05) is 24.3 Å². The van der Waals surface area contributed by atoms with E-state index in [2.05, 4.69) is 11.8 Å². The Hall–Kier alpha value is -2.29. The van der Waals surface area contributed by atoms with E-state index in [9.17, 15) is 13.2 Å². The van der Waals surface area contributed by atoms with E-state index in [4.69, 9.17) is 10.8 Å². The highest BCUT2D eigenvalue weighted by atomic mass is 19.4. The van der Waals surface area contributed by atoms with Crippen LogP contribution in [0, 0.1) is 11.8 Å². The summed E-state index contributed by atoms with van der Waals surface area (Å²) < 4.78 is 38.0. The van der Waals surface area contributed by atoms with Crippen LogP contribution in [0.2, 0.25) is 0 Å². The summed E-state index contributed by atoms with van der Waals surface area (Å²) in [6.45, 7) is 0.291. The van der Waals surface area contributed by atoms with Crippen molar-refractivity contribution in [1.29, 1.82) is 0 Å². The van der Waals surface area contributed by atoms with Gasteiger partial charge < -0.3 is 5.11 Å². The molecule has 2 nitrogen and oxygen atoms in total. The summed E-state index contributed by atoms with van der Waals surface area (Å²) in [5.41, 5.74) is 10.0. The SMILES string of the molecule is [NH]C(Cc1ccc(C#CCCCCCCCCCO)cc1)c1ccc(C(F)(F)F)cc1. The van der Waals surface area contributed by atoms with Gasteiger partial charge in [0.2, 0.25) is 0 Å². The van der Waals surface area contributed by atoms with Crippen molar-refractivity contribution in [2.75, 3.05) is 6.61 Å². The van der Waals surface area contributed by atoms with Gasteiger partial charge in [-0.15, -0.1) is 0 Å². The molecule has 2 N–H and O–H groups in total. The van der Waals surface area contributed by atoms with Gasteiger partial charge in [-0.1, -0.05) is 68.2 Å². The lowest BCUT2D eigenvalue weighted by Gasteiger charge is -2.13. The van der Waals surface area contributed by atoms with Crippen LogP contribution in [0.15, 0.2) is 48.5 Å². The van der Waals surface area contributed by atoms with Gasteiger partial charge in [-0.05, 0) is 54.7 Å². The average Bonchev–Trinajstić information content (AvgIpc) is 2.75. The van der Waals surface area contributed by atoms with Crippen LogP contribution in [0.25, 0.3) is 0 Å². The van der Waals surface area contributed by atoms with Crippen molar-refractivity contribution >= 4 is 0 Å². The third kappa shape index (κ3) is 9.59. The van der Waals surface area contributed by atoms with Gasteiger partial charge in [0.1, 0.15) is 0 Å². The molecular formula is C26H31F3NO. The van der Waals surface area contributed by atoms with E-state index in [0.717, 1.165) is 48.9 Å². The molecule has 0 heterocycles. The van der Waals surface area contributed by atoms with Crippen LogP contribution < -0.4 is 5.73 Å². The zero-order valence-corrected chi connectivity index (χ0v) is 17.8. The zero-order valence-electron chi connectivity index (χ0n) is 17.8. The van der Waals surface area contributed by atoms with Crippen LogP contribution in [0.5, 0.6) is 0 Å². The van der Waals surface area contributed by atoms with Crippen molar-refractivity contribution in [3.63, 3.8) is 0 Å². The number of rotatable bonds is 11. The van der Waals surface area contributed by atoms with Gasteiger partial charge in [0.25, 0.3) is 0 Å². The number of aliphatic hydroxyl groups excluding tert-OH is 1. The Morgan fingerprint density at radius 2 is 1.39 bits per heavy atom. The number of hydrogen-bond donors (Lipinski definition) is 1. The minimum absolute atomic E-state index is 0.291. The third-order valence-corrected chi connectivity index (χ3v) is 5.23. The lowest BCUT2D eigenvalue weighted by Crippen LogP contribution is -2.07. The van der Waals surface area contributed by atoms with Crippen LogP contribution in [0.1, 0.15) is 79.7 Å². The molecule has 0 aromatic heterocycles. The van der Waals surface area contributed by atoms with Gasteiger partial charge in [-0.2, -0.15) is 13.2 Å². The molecule has 1 unspecified atom stereocenters. The molecule has 31 heavy (non-hydrogen) atoms. The van der Waals surface area contributed by atoms with Crippen molar-refractivity contribution in [3.8, 4) is 11.8 Å². The molecule has 0 bridgehead atoms. The van der Waals surface area contributed by atoms with Crippen LogP contribution in [-0.4, -0.2) is 11.7 Å². The van der Waals surface area contributed by atoms with Crippen LogP contribution in [-0.2, 0) is 12.6 Å². The second-order valence-electron chi connectivity index (χ2n) is 7.82. The molecule has 0 aliphatic carbocycles. The molecular weight excluding hydrogens is 399 g/mol. The highest BCUT2D eigenvalue weighted by Crippen LogP contribution is 2.30. The Balaban J connectivity index is 1.73. The van der Waals surface area contributed by atoms with Gasteiger partial charge >= 0.3 is 6.18 Å². The van der Waals surface area contributed by atoms with Crippen molar-refractivity contribution in [1.82, 2.24) is 5.73 Å². The molecule has 0 fully saturated rings. The molecule has 5 heteroatoms. The van der Waals surface area contributed by atoms with Crippen molar-refractivity contribution in [2.24, 2.45) is 0 Å². The maximum Gasteiger partial charge on any atom is 0.416 e. The Kier molecular flexibility index (Phi) is 10.6. The van der Waals surface area contributed by atoms with Crippen molar-refractivity contribution in [3.05, 3.63) is 70.8 Å². The fourth-order valence-corrected chi connectivity index (χ4v) is 3.36. The van der Waals surface area contributed by atoms with Crippen molar-refractivity contribution in [2.45, 2.75) is 70.0 Å². The summed E-state index contributed by atoms with van der Waals surface area (Å²) in [7, 11) is 0. The first-order chi connectivity index (χ1) is 14.9. The topological polar surface area (TPSA) is 44.0 Å². The molecule has 2 aromatic carbocycles. The maximum atomic E-state index is 12.7. The smallest absolute Gasteiger partial charge is 0.396 e. The Bertz CT molecular complexity index is 817. The minimum Gasteiger partial charge on any atom is -0.396 e. The van der Waals surface area contributed by atoms with Crippen LogP contribution >= 0.6 is 0 Å². The lowest BCUT2D eigenvalue weighted by molar-refractivity contribution is -0.137. The van der Waals surface area contributed by atoms with E-state index in [1.165, 1.54) is 37.8 Å². The number of halogens is 3. The van der Waals surface area contributed by atoms with Crippen LogP contribution in [0.3, 0.4) is 0 Å². The maximum absolute atomic E-state index is 12.7. The van der Waals surface area contributed by atoms with E-state index in [0.29, 0.717) is 18.6 Å². The fraction of sp³-hybridized carbons (Fsp3) is 0.462. The summed E-state index contributed by atoms with van der Waals surface area (Å²) in [5.74, 6) is 6.37. The van der Waals surface area contributed by atoms with Gasteiger partial charge in [-0.3, -0.25) is 0 Å². The molecule has 0 aliphatic rings. The van der Waals surface area contributed by atoms with Crippen molar-refractivity contribution < 1.29 is 18.3 Å². The average molecular weight is 431 g/mol. The molecule has 0 aliphatic heterocycles. The predicted molar refractivity (Wildman–Crippen MR) is 118 cm³/mol. The second-order valence-corrected chi connectivity index (χ2v) is 7.82. The zero-order chi connectivity index (χ0) is 22.5. The first kappa shape index (κ1) is 25.0. The molecule has 0 spiro atoms. The number of hydrogen-bond acceptors (Lipinski definition) is 1. The third-order valence-electron chi connectivity index (χ3n) is 5.23. The normalized spacial score (nSPS) is 12.3.